The third-order valence-electron chi connectivity index (χ3n) is 5.69. The molecule has 2 heterocycles. The fourth-order valence-corrected chi connectivity index (χ4v) is 4.27. The summed E-state index contributed by atoms with van der Waals surface area (Å²) in [6.45, 7) is 2.86. The molecule has 1 saturated heterocycles. The van der Waals surface area contributed by atoms with E-state index < -0.39 is 0 Å². The topological polar surface area (TPSA) is 45.5 Å². The Hall–Kier alpha value is -1.29. The lowest BCUT2D eigenvalue weighted by atomic mass is 9.86. The van der Waals surface area contributed by atoms with E-state index in [9.17, 15) is 4.79 Å². The first-order valence-corrected chi connectivity index (χ1v) is 9.87. The highest BCUT2D eigenvalue weighted by Gasteiger charge is 2.25. The minimum absolute atomic E-state index is 0.185. The molecule has 134 valence electrons. The van der Waals surface area contributed by atoms with Crippen molar-refractivity contribution in [2.45, 2.75) is 70.3 Å². The van der Waals surface area contributed by atoms with Gasteiger partial charge >= 0.3 is 0 Å². The Morgan fingerprint density at radius 1 is 1.21 bits per heavy atom. The number of hydrogen-bond acceptors (Lipinski definition) is 3. The highest BCUT2D eigenvalue weighted by Crippen LogP contribution is 2.28. The maximum Gasteiger partial charge on any atom is 0.220 e. The minimum Gasteiger partial charge on any atom is -0.468 e. The second kappa shape index (κ2) is 9.26. The predicted octanol–water partition coefficient (Wildman–Crippen LogP) is 4.28. The normalized spacial score (nSPS) is 21.0. The van der Waals surface area contributed by atoms with Gasteiger partial charge in [0.15, 0.2) is 0 Å². The number of nitrogens with zero attached hydrogens (tertiary/aromatic N) is 1. The first-order valence-electron chi connectivity index (χ1n) is 9.87. The molecule has 1 aliphatic heterocycles. The molecular weight excluding hydrogens is 300 g/mol. The number of likely N-dealkylation sites (tertiary alicyclic amines) is 1. The SMILES string of the molecule is O=C(CCCC1CCCCC1)NCC(c1ccco1)N1CCCC1. The molecule has 1 aromatic rings. The molecule has 3 rings (SSSR count). The Labute approximate surface area is 146 Å². The molecule has 0 spiro atoms. The summed E-state index contributed by atoms with van der Waals surface area (Å²) in [6, 6.07) is 4.15. The van der Waals surface area contributed by atoms with E-state index in [0.29, 0.717) is 13.0 Å². The van der Waals surface area contributed by atoms with E-state index in [2.05, 4.69) is 10.2 Å². The maximum atomic E-state index is 12.2. The average Bonchev–Trinajstić information content (AvgIpc) is 3.30. The van der Waals surface area contributed by atoms with Gasteiger partial charge in [-0.3, -0.25) is 9.69 Å². The van der Waals surface area contributed by atoms with Gasteiger partial charge in [-0.05, 0) is 56.8 Å². The van der Waals surface area contributed by atoms with Crippen molar-refractivity contribution in [3.63, 3.8) is 0 Å². The molecule has 0 aromatic carbocycles. The fraction of sp³-hybridized carbons (Fsp3) is 0.750. The van der Waals surface area contributed by atoms with Gasteiger partial charge in [0.05, 0.1) is 12.3 Å². The molecule has 1 N–H and O–H groups in total. The van der Waals surface area contributed by atoms with Crippen LogP contribution < -0.4 is 5.32 Å². The summed E-state index contributed by atoms with van der Waals surface area (Å²) in [4.78, 5) is 14.6. The van der Waals surface area contributed by atoms with Crippen molar-refractivity contribution < 1.29 is 9.21 Å². The number of amides is 1. The van der Waals surface area contributed by atoms with Gasteiger partial charge in [0.1, 0.15) is 5.76 Å². The molecule has 1 amide bonds. The number of carbonyl (C=O) groups is 1. The zero-order valence-electron chi connectivity index (χ0n) is 14.8. The van der Waals surface area contributed by atoms with Crippen molar-refractivity contribution in [3.05, 3.63) is 24.2 Å². The maximum absolute atomic E-state index is 12.2. The van der Waals surface area contributed by atoms with E-state index in [1.807, 2.05) is 12.1 Å². The molecule has 2 aliphatic rings. The third-order valence-corrected chi connectivity index (χ3v) is 5.69. The number of carbonyl (C=O) groups excluding carboxylic acids is 1. The molecule has 24 heavy (non-hydrogen) atoms. The molecule has 0 radical (unpaired) electrons. The lowest BCUT2D eigenvalue weighted by Gasteiger charge is -2.26. The van der Waals surface area contributed by atoms with Gasteiger partial charge in [-0.1, -0.05) is 32.1 Å². The zero-order valence-corrected chi connectivity index (χ0v) is 14.8. The molecule has 4 heteroatoms. The summed E-state index contributed by atoms with van der Waals surface area (Å²) in [6.07, 6.45) is 14.1. The number of nitrogens with one attached hydrogen (secondary N) is 1. The standard InChI is InChI=1S/C20H32N2O2/c23-20(12-6-10-17-8-2-1-3-9-17)21-16-18(19-11-7-15-24-19)22-13-4-5-14-22/h7,11,15,17-18H,1-6,8-10,12-14,16H2,(H,21,23). The van der Waals surface area contributed by atoms with Gasteiger partial charge in [-0.25, -0.2) is 0 Å². The third kappa shape index (κ3) is 5.10. The van der Waals surface area contributed by atoms with Gasteiger partial charge in [0, 0.05) is 13.0 Å². The Kier molecular flexibility index (Phi) is 6.76. The summed E-state index contributed by atoms with van der Waals surface area (Å²) in [5.41, 5.74) is 0. The van der Waals surface area contributed by atoms with Crippen LogP contribution in [0.2, 0.25) is 0 Å². The largest absolute Gasteiger partial charge is 0.468 e. The number of furan rings is 1. The Morgan fingerprint density at radius 3 is 2.71 bits per heavy atom. The Balaban J connectivity index is 1.39. The summed E-state index contributed by atoms with van der Waals surface area (Å²) in [5.74, 6) is 2.04. The fourth-order valence-electron chi connectivity index (χ4n) is 4.27. The second-order valence-electron chi connectivity index (χ2n) is 7.47. The summed E-state index contributed by atoms with van der Waals surface area (Å²) in [5, 5.41) is 3.15. The van der Waals surface area contributed by atoms with Gasteiger partial charge in [0.25, 0.3) is 0 Å². The van der Waals surface area contributed by atoms with Crippen LogP contribution in [0.1, 0.15) is 76.0 Å². The van der Waals surface area contributed by atoms with Crippen LogP contribution in [0.3, 0.4) is 0 Å². The van der Waals surface area contributed by atoms with Crippen molar-refractivity contribution in [3.8, 4) is 0 Å². The Morgan fingerprint density at radius 2 is 2.00 bits per heavy atom. The van der Waals surface area contributed by atoms with Crippen molar-refractivity contribution in [2.75, 3.05) is 19.6 Å². The van der Waals surface area contributed by atoms with Crippen LogP contribution in [0.25, 0.3) is 0 Å². The second-order valence-corrected chi connectivity index (χ2v) is 7.47. The smallest absolute Gasteiger partial charge is 0.220 e. The molecule has 1 aliphatic carbocycles. The van der Waals surface area contributed by atoms with Gasteiger partial charge in [0.2, 0.25) is 5.91 Å². The van der Waals surface area contributed by atoms with E-state index in [1.54, 1.807) is 6.26 Å². The monoisotopic (exact) mass is 332 g/mol. The van der Waals surface area contributed by atoms with Crippen LogP contribution >= 0.6 is 0 Å². The van der Waals surface area contributed by atoms with Crippen LogP contribution in [0.5, 0.6) is 0 Å². The van der Waals surface area contributed by atoms with Crippen molar-refractivity contribution in [2.24, 2.45) is 5.92 Å². The van der Waals surface area contributed by atoms with Crippen LogP contribution in [0.4, 0.5) is 0 Å². The van der Waals surface area contributed by atoms with Crippen LogP contribution in [-0.2, 0) is 4.79 Å². The lowest BCUT2D eigenvalue weighted by Crippen LogP contribution is -2.36. The molecule has 1 unspecified atom stereocenters. The van der Waals surface area contributed by atoms with Crippen molar-refractivity contribution >= 4 is 5.91 Å². The van der Waals surface area contributed by atoms with Crippen LogP contribution in [0.15, 0.2) is 22.8 Å². The highest BCUT2D eigenvalue weighted by atomic mass is 16.3. The van der Waals surface area contributed by atoms with Crippen LogP contribution in [0, 0.1) is 5.92 Å². The lowest BCUT2D eigenvalue weighted by molar-refractivity contribution is -0.121. The van der Waals surface area contributed by atoms with E-state index >= 15 is 0 Å². The van der Waals surface area contributed by atoms with E-state index in [-0.39, 0.29) is 11.9 Å². The summed E-state index contributed by atoms with van der Waals surface area (Å²) < 4.78 is 5.61. The average molecular weight is 332 g/mol. The van der Waals surface area contributed by atoms with E-state index in [0.717, 1.165) is 31.2 Å². The quantitative estimate of drug-likeness (QED) is 0.772. The molecule has 1 atom stereocenters. The van der Waals surface area contributed by atoms with Gasteiger partial charge in [-0.2, -0.15) is 0 Å². The molecular formula is C20H32N2O2. The van der Waals surface area contributed by atoms with E-state index in [4.69, 9.17) is 4.42 Å². The molecule has 0 bridgehead atoms. The molecule has 1 aromatic heterocycles. The highest BCUT2D eigenvalue weighted by molar-refractivity contribution is 5.75. The first kappa shape index (κ1) is 17.5. The van der Waals surface area contributed by atoms with E-state index in [1.165, 1.54) is 51.4 Å². The van der Waals surface area contributed by atoms with Crippen LogP contribution in [-0.4, -0.2) is 30.4 Å². The van der Waals surface area contributed by atoms with Gasteiger partial charge in [-0.15, -0.1) is 0 Å². The van der Waals surface area contributed by atoms with Gasteiger partial charge < -0.3 is 9.73 Å². The minimum atomic E-state index is 0.185. The molecule has 1 saturated carbocycles. The Bertz CT molecular complexity index is 474. The zero-order chi connectivity index (χ0) is 16.6. The number of hydrogen-bond donors (Lipinski definition) is 1. The number of rotatable bonds is 8. The summed E-state index contributed by atoms with van der Waals surface area (Å²) >= 11 is 0. The van der Waals surface area contributed by atoms with Crippen molar-refractivity contribution in [1.82, 2.24) is 10.2 Å². The summed E-state index contributed by atoms with van der Waals surface area (Å²) in [7, 11) is 0. The molecule has 4 nitrogen and oxygen atoms in total. The predicted molar refractivity (Wildman–Crippen MR) is 95.7 cm³/mol. The molecule has 2 fully saturated rings. The van der Waals surface area contributed by atoms with Crippen molar-refractivity contribution in [1.29, 1.82) is 0 Å². The first-order chi connectivity index (χ1) is 11.8.